The minimum Gasteiger partial charge on any atom is -0.466 e. The quantitative estimate of drug-likeness (QED) is 0.363. The molecule has 0 radical (unpaired) electrons. The fraction of sp³-hybridized carbons (Fsp3) is 0.348. The summed E-state index contributed by atoms with van der Waals surface area (Å²) in [6, 6.07) is 17.2. The molecule has 3 rings (SSSR count). The Hall–Kier alpha value is -3.72. The van der Waals surface area contributed by atoms with Gasteiger partial charge >= 0.3 is 11.8 Å². The number of hydrogen-bond donors (Lipinski definition) is 3. The fourth-order valence-corrected chi connectivity index (χ4v) is 3.05. The van der Waals surface area contributed by atoms with Crippen LogP contribution in [0, 0.1) is 0 Å². The van der Waals surface area contributed by atoms with Gasteiger partial charge in [0.15, 0.2) is 11.3 Å². The van der Waals surface area contributed by atoms with Gasteiger partial charge in [-0.25, -0.2) is 4.79 Å². The molecule has 1 heterocycles. The molecule has 0 spiro atoms. The molecule has 0 bridgehead atoms. The first-order valence-corrected chi connectivity index (χ1v) is 10.5. The molecule has 1 aliphatic rings. The number of amides is 1. The highest BCUT2D eigenvalue weighted by atomic mass is 16.5. The average Bonchev–Trinajstić information content (AvgIpc) is 3.28. The predicted octanol–water partition coefficient (Wildman–Crippen LogP) is 1.13. The van der Waals surface area contributed by atoms with Gasteiger partial charge in [0.25, 0.3) is 6.04 Å². The summed E-state index contributed by atoms with van der Waals surface area (Å²) in [5.41, 5.74) is 9.49. The molecule has 0 aliphatic carbocycles. The summed E-state index contributed by atoms with van der Waals surface area (Å²) in [7, 11) is 1.31. The van der Waals surface area contributed by atoms with Gasteiger partial charge in [0, 0.05) is 5.56 Å². The van der Waals surface area contributed by atoms with Crippen LogP contribution in [0.25, 0.3) is 0 Å². The zero-order valence-corrected chi connectivity index (χ0v) is 18.9. The molecule has 33 heavy (non-hydrogen) atoms. The van der Waals surface area contributed by atoms with Crippen molar-refractivity contribution in [1.29, 1.82) is 0 Å². The van der Waals surface area contributed by atoms with Gasteiger partial charge in [0.05, 0.1) is 25.9 Å². The lowest BCUT2D eigenvalue weighted by Crippen LogP contribution is -2.58. The number of hydrogen-bond acceptors (Lipinski definition) is 8. The van der Waals surface area contributed by atoms with Crippen LogP contribution in [0.2, 0.25) is 0 Å². The van der Waals surface area contributed by atoms with Gasteiger partial charge in [-0.1, -0.05) is 60.7 Å². The van der Waals surface area contributed by atoms with E-state index in [1.807, 2.05) is 48.5 Å². The highest BCUT2D eigenvalue weighted by Gasteiger charge is 2.42. The largest absolute Gasteiger partial charge is 0.466 e. The van der Waals surface area contributed by atoms with Gasteiger partial charge in [-0.05, 0) is 24.5 Å². The summed E-state index contributed by atoms with van der Waals surface area (Å²) in [4.78, 5) is 29.2. The molecule has 0 saturated heterocycles. The van der Waals surface area contributed by atoms with Crippen molar-refractivity contribution < 1.29 is 23.9 Å². The van der Waals surface area contributed by atoms with Gasteiger partial charge < -0.3 is 20.5 Å². The summed E-state index contributed by atoms with van der Waals surface area (Å²) >= 11 is 0. The van der Waals surface area contributed by atoms with E-state index in [-0.39, 0.29) is 12.5 Å². The Balaban J connectivity index is 1.74. The molecule has 0 fully saturated rings. The highest BCUT2D eigenvalue weighted by Crippen LogP contribution is 2.22. The van der Waals surface area contributed by atoms with E-state index < -0.39 is 23.6 Å². The van der Waals surface area contributed by atoms with Crippen molar-refractivity contribution in [3.63, 3.8) is 0 Å². The predicted molar refractivity (Wildman–Crippen MR) is 120 cm³/mol. The number of amidine groups is 1. The number of nitrogens with one attached hydrogen (secondary N) is 2. The smallest absolute Gasteiger partial charge is 0.373 e. The third-order valence-electron chi connectivity index (χ3n) is 4.88. The first kappa shape index (κ1) is 23.9. The second kappa shape index (κ2) is 10.7. The molecule has 2 aromatic carbocycles. The summed E-state index contributed by atoms with van der Waals surface area (Å²) in [6.07, 6.45) is 0. The van der Waals surface area contributed by atoms with Crippen LogP contribution in [0.5, 0.6) is 0 Å². The first-order chi connectivity index (χ1) is 15.8. The van der Waals surface area contributed by atoms with Gasteiger partial charge in [-0.3, -0.25) is 4.79 Å². The van der Waals surface area contributed by atoms with E-state index in [9.17, 15) is 9.59 Å². The van der Waals surface area contributed by atoms with Crippen molar-refractivity contribution in [3.05, 3.63) is 71.8 Å². The number of methoxy groups -OCH3 is 1. The third-order valence-corrected chi connectivity index (χ3v) is 4.88. The van der Waals surface area contributed by atoms with Crippen LogP contribution in [0.4, 0.5) is 0 Å². The van der Waals surface area contributed by atoms with E-state index in [1.54, 1.807) is 26.0 Å². The Kier molecular flexibility index (Phi) is 7.78. The summed E-state index contributed by atoms with van der Waals surface area (Å²) in [6.45, 7) is 3.67. The van der Waals surface area contributed by atoms with E-state index in [0.29, 0.717) is 18.0 Å². The number of nitrogens with zero attached hydrogens (tertiary/aromatic N) is 3. The van der Waals surface area contributed by atoms with Crippen LogP contribution in [0.1, 0.15) is 31.0 Å². The van der Waals surface area contributed by atoms with E-state index in [0.717, 1.165) is 5.56 Å². The Morgan fingerprint density at radius 3 is 2.39 bits per heavy atom. The number of benzene rings is 2. The molecular formula is C23H29N6O4+. The molecule has 0 saturated carbocycles. The molecule has 10 nitrogen and oxygen atoms in total. The number of carbonyl (C=O) groups excluding carboxylic acids is 2. The Morgan fingerprint density at radius 2 is 1.79 bits per heavy atom. The zero-order valence-electron chi connectivity index (χ0n) is 18.9. The molecule has 2 atom stereocenters. The molecule has 174 valence electrons. The van der Waals surface area contributed by atoms with E-state index in [4.69, 9.17) is 15.2 Å². The number of ether oxygens (including phenoxy) is 2. The minimum absolute atomic E-state index is 0.111. The van der Waals surface area contributed by atoms with Crippen molar-refractivity contribution >= 4 is 17.7 Å². The number of carbonyl (C=O) groups is 2. The van der Waals surface area contributed by atoms with Crippen LogP contribution in [0.3, 0.4) is 0 Å². The molecular weight excluding hydrogens is 424 g/mol. The van der Waals surface area contributed by atoms with Crippen molar-refractivity contribution in [1.82, 2.24) is 15.9 Å². The van der Waals surface area contributed by atoms with Gasteiger partial charge in [-0.15, -0.1) is 10.2 Å². The first-order valence-electron chi connectivity index (χ1n) is 10.5. The van der Waals surface area contributed by atoms with Crippen LogP contribution in [0.15, 0.2) is 65.9 Å². The Labute approximate surface area is 192 Å². The topological polar surface area (TPSA) is 132 Å². The highest BCUT2D eigenvalue weighted by molar-refractivity contribution is 5.92. The second-order valence-electron chi connectivity index (χ2n) is 8.12. The molecule has 1 aliphatic heterocycles. The van der Waals surface area contributed by atoms with Crippen molar-refractivity contribution in [2.45, 2.75) is 38.1 Å². The maximum Gasteiger partial charge on any atom is 0.373 e. The van der Waals surface area contributed by atoms with Gasteiger partial charge in [0.2, 0.25) is 5.91 Å². The number of esters is 1. The zero-order chi connectivity index (χ0) is 23.8. The third kappa shape index (κ3) is 6.39. The van der Waals surface area contributed by atoms with E-state index >= 15 is 0 Å². The van der Waals surface area contributed by atoms with Gasteiger partial charge in [0.1, 0.15) is 0 Å². The normalized spacial score (nSPS) is 14.8. The molecule has 4 N–H and O–H groups in total. The maximum absolute atomic E-state index is 12.6. The average molecular weight is 454 g/mol. The fourth-order valence-electron chi connectivity index (χ4n) is 3.05. The van der Waals surface area contributed by atoms with E-state index in [1.165, 1.54) is 12.2 Å². The van der Waals surface area contributed by atoms with Crippen molar-refractivity contribution in [2.75, 3.05) is 13.7 Å². The lowest BCUT2D eigenvalue weighted by molar-refractivity contribution is -0.158. The number of rotatable bonds is 10. The van der Waals surface area contributed by atoms with Crippen LogP contribution in [-0.2, 0) is 25.7 Å². The minimum atomic E-state index is -1.10. The lowest BCUT2D eigenvalue weighted by Gasteiger charge is -2.22. The summed E-state index contributed by atoms with van der Waals surface area (Å²) in [5, 5.41) is 8.23. The molecule has 1 unspecified atom stereocenters. The molecule has 0 aromatic heterocycles. The standard InChI is InChI=1S/C23H28N6O4/c1-23(2,24)22(31)25-18(15-33-14-16-10-6-4-7-11-16)20-26-28-29(27-20)19(21(30)32-3)17-12-8-5-9-13-17/h4-13,18-19H,14-15,24H2,1-3H3,(H,25,31)/p+1/t18-,19?/m1/s1. The van der Waals surface area contributed by atoms with Crippen LogP contribution in [-0.4, -0.2) is 52.9 Å². The van der Waals surface area contributed by atoms with Crippen LogP contribution < -0.4 is 16.5 Å². The van der Waals surface area contributed by atoms with Gasteiger partial charge in [-0.2, -0.15) is 0 Å². The second-order valence-corrected chi connectivity index (χ2v) is 8.12. The molecule has 2 aromatic rings. The summed E-state index contributed by atoms with van der Waals surface area (Å²) in [5.74, 6) is -0.588. The maximum atomic E-state index is 12.6. The van der Waals surface area contributed by atoms with Crippen molar-refractivity contribution in [2.24, 2.45) is 11.0 Å². The lowest BCUT2D eigenvalue weighted by atomic mass is 10.1. The monoisotopic (exact) mass is 453 g/mol. The molecule has 10 heteroatoms. The number of hydrazine groups is 1. The van der Waals surface area contributed by atoms with E-state index in [2.05, 4.69) is 20.8 Å². The number of nitrogens with two attached hydrogens (primary N) is 1. The Bertz CT molecular complexity index is 1020. The molecule has 1 amide bonds. The Morgan fingerprint density at radius 1 is 1.15 bits per heavy atom. The van der Waals surface area contributed by atoms with Crippen LogP contribution >= 0.6 is 0 Å². The SMILES string of the molecule is COC(=O)C(c1ccccc1)N1N=[N+]=C([C@@H](COCc2ccccc2)NC(=O)C(C)(C)N)N1. The summed E-state index contributed by atoms with van der Waals surface area (Å²) < 4.78 is 10.8. The van der Waals surface area contributed by atoms with Crippen molar-refractivity contribution in [3.8, 4) is 0 Å².